The van der Waals surface area contributed by atoms with Crippen LogP contribution in [0.2, 0.25) is 0 Å². The van der Waals surface area contributed by atoms with Gasteiger partial charge in [0.2, 0.25) is 0 Å². The maximum atomic E-state index is 10.7. The lowest BCUT2D eigenvalue weighted by Crippen LogP contribution is -2.03. The van der Waals surface area contributed by atoms with Gasteiger partial charge in [-0.2, -0.15) is 0 Å². The molecule has 0 aromatic carbocycles. The Hall–Kier alpha value is -0.860. The molecule has 0 atom stereocenters. The number of aldehydes is 1. The molecule has 13 heavy (non-hydrogen) atoms. The molecule has 0 heterocycles. The van der Waals surface area contributed by atoms with Gasteiger partial charge in [0, 0.05) is 12.8 Å². The lowest BCUT2D eigenvalue weighted by atomic mass is 10.2. The number of hydrogen-bond acceptors (Lipinski definition) is 3. The van der Waals surface area contributed by atoms with Crippen LogP contribution >= 0.6 is 0 Å². The molecule has 0 rings (SSSR count). The zero-order valence-corrected chi connectivity index (χ0v) is 8.25. The van der Waals surface area contributed by atoms with Crippen molar-refractivity contribution in [2.75, 3.05) is 6.61 Å². The molecular formula is C10H18O3. The summed E-state index contributed by atoms with van der Waals surface area (Å²) in [6.45, 7) is 2.31. The molecule has 0 unspecified atom stereocenters. The standard InChI is InChI=1S/C10H18O3/c1-2-10(12)13-9-7-5-3-4-6-8-11/h8H,2-7,9H2,1H3. The van der Waals surface area contributed by atoms with E-state index in [0.717, 1.165) is 32.0 Å². The van der Waals surface area contributed by atoms with Crippen molar-refractivity contribution >= 4 is 12.3 Å². The van der Waals surface area contributed by atoms with Crippen LogP contribution < -0.4 is 0 Å². The van der Waals surface area contributed by atoms with Crippen molar-refractivity contribution in [3.63, 3.8) is 0 Å². The second kappa shape index (κ2) is 9.23. The van der Waals surface area contributed by atoms with Crippen LogP contribution in [0.3, 0.4) is 0 Å². The Labute approximate surface area is 79.5 Å². The van der Waals surface area contributed by atoms with Gasteiger partial charge in [-0.15, -0.1) is 0 Å². The van der Waals surface area contributed by atoms with Crippen molar-refractivity contribution in [2.45, 2.75) is 45.4 Å². The maximum absolute atomic E-state index is 10.7. The van der Waals surface area contributed by atoms with Crippen molar-refractivity contribution in [1.29, 1.82) is 0 Å². The summed E-state index contributed by atoms with van der Waals surface area (Å²) in [6.07, 6.45) is 5.97. The quantitative estimate of drug-likeness (QED) is 0.331. The molecule has 0 aliphatic carbocycles. The number of carbonyl (C=O) groups excluding carboxylic acids is 2. The number of carbonyl (C=O) groups is 2. The van der Waals surface area contributed by atoms with Gasteiger partial charge in [0.15, 0.2) is 0 Å². The van der Waals surface area contributed by atoms with Gasteiger partial charge in [-0.25, -0.2) is 0 Å². The van der Waals surface area contributed by atoms with E-state index in [1.165, 1.54) is 0 Å². The molecule has 0 fully saturated rings. The van der Waals surface area contributed by atoms with Crippen LogP contribution in [0.5, 0.6) is 0 Å². The first-order valence-electron chi connectivity index (χ1n) is 4.90. The number of rotatable bonds is 8. The van der Waals surface area contributed by atoms with E-state index >= 15 is 0 Å². The number of ether oxygens (including phenoxy) is 1. The lowest BCUT2D eigenvalue weighted by molar-refractivity contribution is -0.143. The van der Waals surface area contributed by atoms with Gasteiger partial charge in [0.1, 0.15) is 6.29 Å². The van der Waals surface area contributed by atoms with Crippen LogP contribution in [-0.4, -0.2) is 18.9 Å². The Morgan fingerprint density at radius 3 is 2.54 bits per heavy atom. The van der Waals surface area contributed by atoms with Crippen molar-refractivity contribution in [3.05, 3.63) is 0 Å². The zero-order valence-electron chi connectivity index (χ0n) is 8.25. The van der Waals surface area contributed by atoms with Gasteiger partial charge in [-0.05, 0) is 12.8 Å². The largest absolute Gasteiger partial charge is 0.466 e. The van der Waals surface area contributed by atoms with Crippen molar-refractivity contribution in [3.8, 4) is 0 Å². The van der Waals surface area contributed by atoms with Crippen molar-refractivity contribution < 1.29 is 14.3 Å². The van der Waals surface area contributed by atoms with E-state index in [1.54, 1.807) is 6.92 Å². The van der Waals surface area contributed by atoms with Gasteiger partial charge in [-0.3, -0.25) is 4.79 Å². The van der Waals surface area contributed by atoms with Crippen LogP contribution in [0.4, 0.5) is 0 Å². The summed E-state index contributed by atoms with van der Waals surface area (Å²) in [5.74, 6) is -0.132. The lowest BCUT2D eigenvalue weighted by Gasteiger charge is -2.01. The van der Waals surface area contributed by atoms with Gasteiger partial charge in [0.25, 0.3) is 0 Å². The number of esters is 1. The molecule has 0 saturated heterocycles. The first-order chi connectivity index (χ1) is 6.31. The monoisotopic (exact) mass is 186 g/mol. The summed E-state index contributed by atoms with van der Waals surface area (Å²) in [6, 6.07) is 0. The Morgan fingerprint density at radius 1 is 1.23 bits per heavy atom. The fourth-order valence-electron chi connectivity index (χ4n) is 0.971. The van der Waals surface area contributed by atoms with Gasteiger partial charge >= 0.3 is 5.97 Å². The fourth-order valence-corrected chi connectivity index (χ4v) is 0.971. The summed E-state index contributed by atoms with van der Waals surface area (Å²) >= 11 is 0. The molecule has 0 aliphatic heterocycles. The van der Waals surface area contributed by atoms with Crippen molar-refractivity contribution in [1.82, 2.24) is 0 Å². The Kier molecular flexibility index (Phi) is 8.62. The molecule has 3 heteroatoms. The second-order valence-corrected chi connectivity index (χ2v) is 2.94. The maximum Gasteiger partial charge on any atom is 0.305 e. The molecule has 0 N–H and O–H groups in total. The predicted molar refractivity (Wildman–Crippen MR) is 50.4 cm³/mol. The van der Waals surface area contributed by atoms with Crippen LogP contribution in [-0.2, 0) is 14.3 Å². The first kappa shape index (κ1) is 12.1. The normalized spacial score (nSPS) is 9.62. The minimum Gasteiger partial charge on any atom is -0.466 e. The highest BCUT2D eigenvalue weighted by atomic mass is 16.5. The highest BCUT2D eigenvalue weighted by molar-refractivity contribution is 5.68. The number of unbranched alkanes of at least 4 members (excludes halogenated alkanes) is 4. The fraction of sp³-hybridized carbons (Fsp3) is 0.800. The summed E-state index contributed by atoms with van der Waals surface area (Å²) in [5, 5.41) is 0. The first-order valence-corrected chi connectivity index (χ1v) is 4.90. The molecule has 0 aromatic heterocycles. The van der Waals surface area contributed by atoms with Crippen LogP contribution in [0, 0.1) is 0 Å². The van der Waals surface area contributed by atoms with E-state index in [1.807, 2.05) is 0 Å². The molecule has 0 radical (unpaired) electrons. The van der Waals surface area contributed by atoms with E-state index in [0.29, 0.717) is 19.4 Å². The highest BCUT2D eigenvalue weighted by Crippen LogP contribution is 2.02. The number of hydrogen-bond donors (Lipinski definition) is 0. The molecule has 3 nitrogen and oxygen atoms in total. The van der Waals surface area contributed by atoms with Gasteiger partial charge in [0.05, 0.1) is 6.61 Å². The zero-order chi connectivity index (χ0) is 9.94. The summed E-state index contributed by atoms with van der Waals surface area (Å²) in [5.41, 5.74) is 0. The third kappa shape index (κ3) is 9.05. The average Bonchev–Trinajstić information content (AvgIpc) is 2.16. The van der Waals surface area contributed by atoms with E-state index in [4.69, 9.17) is 4.74 Å². The molecular weight excluding hydrogens is 168 g/mol. The van der Waals surface area contributed by atoms with Crippen molar-refractivity contribution in [2.24, 2.45) is 0 Å². The molecule has 0 saturated carbocycles. The molecule has 0 aromatic rings. The van der Waals surface area contributed by atoms with Gasteiger partial charge < -0.3 is 9.53 Å². The summed E-state index contributed by atoms with van der Waals surface area (Å²) in [7, 11) is 0. The van der Waals surface area contributed by atoms with E-state index < -0.39 is 0 Å². The molecule has 0 bridgehead atoms. The average molecular weight is 186 g/mol. The third-order valence-electron chi connectivity index (χ3n) is 1.77. The summed E-state index contributed by atoms with van der Waals surface area (Å²) in [4.78, 5) is 20.6. The van der Waals surface area contributed by atoms with Gasteiger partial charge in [-0.1, -0.05) is 19.8 Å². The van der Waals surface area contributed by atoms with E-state index in [-0.39, 0.29) is 5.97 Å². The Bertz CT molecular complexity index is 143. The minimum atomic E-state index is -0.132. The molecule has 0 aliphatic rings. The minimum absolute atomic E-state index is 0.132. The Morgan fingerprint density at radius 2 is 1.92 bits per heavy atom. The van der Waals surface area contributed by atoms with Crippen LogP contribution in [0.1, 0.15) is 45.4 Å². The Balaban J connectivity index is 2.99. The third-order valence-corrected chi connectivity index (χ3v) is 1.77. The summed E-state index contributed by atoms with van der Waals surface area (Å²) < 4.78 is 4.89. The predicted octanol–water partition coefficient (Wildman–Crippen LogP) is 2.09. The smallest absolute Gasteiger partial charge is 0.305 e. The second-order valence-electron chi connectivity index (χ2n) is 2.94. The highest BCUT2D eigenvalue weighted by Gasteiger charge is 1.96. The van der Waals surface area contributed by atoms with Crippen LogP contribution in [0.25, 0.3) is 0 Å². The van der Waals surface area contributed by atoms with E-state index in [2.05, 4.69) is 0 Å². The molecule has 0 amide bonds. The molecule has 0 spiro atoms. The topological polar surface area (TPSA) is 43.4 Å². The SMILES string of the molecule is CCC(=O)OCCCCCCC=O. The van der Waals surface area contributed by atoms with E-state index in [9.17, 15) is 9.59 Å². The van der Waals surface area contributed by atoms with Crippen LogP contribution in [0.15, 0.2) is 0 Å². The molecule has 76 valence electrons.